The van der Waals surface area contributed by atoms with Crippen molar-refractivity contribution in [1.82, 2.24) is 0 Å². The van der Waals surface area contributed by atoms with Crippen molar-refractivity contribution >= 4 is 12.3 Å². The Morgan fingerprint density at radius 2 is 1.21 bits per heavy atom. The van der Waals surface area contributed by atoms with Gasteiger partial charge in [-0.2, -0.15) is 0 Å². The molecule has 0 amide bonds. The molecule has 172 valence electrons. The largest absolute Gasteiger partial charge is 0.463 e. The number of hydrogen-bond donors (Lipinski definition) is 4. The summed E-state index contributed by atoms with van der Waals surface area (Å²) in [5, 5.41) is 37.8. The first kappa shape index (κ1) is 28.0. The van der Waals surface area contributed by atoms with Gasteiger partial charge in [0.05, 0.1) is 0 Å². The van der Waals surface area contributed by atoms with Crippen molar-refractivity contribution in [3.8, 4) is 0 Å². The lowest BCUT2D eigenvalue weighted by atomic mass is 10.0. The average Bonchev–Trinajstić information content (AvgIpc) is 2.73. The smallest absolute Gasteiger partial charge is 0.305 e. The van der Waals surface area contributed by atoms with Gasteiger partial charge in [0.2, 0.25) is 0 Å². The maximum atomic E-state index is 11.6. The highest BCUT2D eigenvalue weighted by Gasteiger charge is 2.30. The minimum atomic E-state index is -1.83. The Kier molecular flexibility index (Phi) is 18.3. The second kappa shape index (κ2) is 19.0. The summed E-state index contributed by atoms with van der Waals surface area (Å²) in [6.45, 7) is 1.73. The fraction of sp³-hybridized carbons (Fsp3) is 0.909. The first-order valence-electron chi connectivity index (χ1n) is 11.3. The van der Waals surface area contributed by atoms with Gasteiger partial charge in [0.15, 0.2) is 6.29 Å². The number of aliphatic hydroxyl groups excluding tert-OH is 4. The third kappa shape index (κ3) is 15.5. The zero-order valence-corrected chi connectivity index (χ0v) is 18.0. The van der Waals surface area contributed by atoms with Crippen molar-refractivity contribution in [3.05, 3.63) is 0 Å². The monoisotopic (exact) mass is 418 g/mol. The Bertz CT molecular complexity index is 403. The van der Waals surface area contributed by atoms with Crippen molar-refractivity contribution in [2.24, 2.45) is 0 Å². The Hall–Kier alpha value is -1.02. The topological polar surface area (TPSA) is 124 Å². The molecule has 0 saturated carbocycles. The molecule has 0 fully saturated rings. The maximum absolute atomic E-state index is 11.6. The van der Waals surface area contributed by atoms with E-state index in [2.05, 4.69) is 6.92 Å². The number of aliphatic hydroxyl groups is 4. The van der Waals surface area contributed by atoms with E-state index < -0.39 is 37.0 Å². The molecular formula is C22H42O7. The van der Waals surface area contributed by atoms with E-state index in [1.54, 1.807) is 0 Å². The van der Waals surface area contributed by atoms with Gasteiger partial charge in [0.25, 0.3) is 0 Å². The van der Waals surface area contributed by atoms with E-state index in [9.17, 15) is 24.9 Å². The van der Waals surface area contributed by atoms with E-state index in [0.717, 1.165) is 12.8 Å². The van der Waals surface area contributed by atoms with Crippen LogP contribution in [0, 0.1) is 0 Å². The van der Waals surface area contributed by atoms with Gasteiger partial charge in [0.1, 0.15) is 31.0 Å². The summed E-state index contributed by atoms with van der Waals surface area (Å²) < 4.78 is 4.87. The Balaban J connectivity index is 3.53. The fourth-order valence-corrected chi connectivity index (χ4v) is 3.15. The zero-order valence-electron chi connectivity index (χ0n) is 18.0. The molecule has 4 N–H and O–H groups in total. The minimum Gasteiger partial charge on any atom is -0.463 e. The third-order valence-electron chi connectivity index (χ3n) is 5.13. The number of esters is 1. The van der Waals surface area contributed by atoms with Gasteiger partial charge in [-0.1, -0.05) is 84.0 Å². The van der Waals surface area contributed by atoms with E-state index >= 15 is 0 Å². The molecule has 29 heavy (non-hydrogen) atoms. The van der Waals surface area contributed by atoms with Gasteiger partial charge < -0.3 is 30.0 Å². The van der Waals surface area contributed by atoms with Crippen molar-refractivity contribution in [2.75, 3.05) is 6.61 Å². The van der Waals surface area contributed by atoms with Crippen LogP contribution in [-0.4, -0.2) is 63.7 Å². The van der Waals surface area contributed by atoms with E-state index in [0.29, 0.717) is 6.42 Å². The quantitative estimate of drug-likeness (QED) is 0.136. The van der Waals surface area contributed by atoms with Crippen LogP contribution < -0.4 is 0 Å². The first-order chi connectivity index (χ1) is 13.9. The summed E-state index contributed by atoms with van der Waals surface area (Å²) in [4.78, 5) is 22.0. The lowest BCUT2D eigenvalue weighted by Gasteiger charge is -2.23. The molecule has 0 radical (unpaired) electrons. The van der Waals surface area contributed by atoms with Crippen LogP contribution in [-0.2, 0) is 14.3 Å². The summed E-state index contributed by atoms with van der Waals surface area (Å²) >= 11 is 0. The predicted octanol–water partition coefficient (Wildman–Crippen LogP) is 2.65. The highest BCUT2D eigenvalue weighted by molar-refractivity contribution is 5.69. The third-order valence-corrected chi connectivity index (χ3v) is 5.13. The molecule has 0 aromatic carbocycles. The van der Waals surface area contributed by atoms with Gasteiger partial charge in [-0.15, -0.1) is 0 Å². The van der Waals surface area contributed by atoms with Crippen LogP contribution in [0.2, 0.25) is 0 Å². The molecule has 0 aromatic rings. The molecule has 4 atom stereocenters. The van der Waals surface area contributed by atoms with E-state index in [1.807, 2.05) is 0 Å². The van der Waals surface area contributed by atoms with Gasteiger partial charge in [-0.25, -0.2) is 0 Å². The van der Waals surface area contributed by atoms with Crippen LogP contribution in [0.15, 0.2) is 0 Å². The molecule has 0 heterocycles. The van der Waals surface area contributed by atoms with Crippen molar-refractivity contribution in [2.45, 2.75) is 121 Å². The highest BCUT2D eigenvalue weighted by Crippen LogP contribution is 2.13. The predicted molar refractivity (Wildman–Crippen MR) is 111 cm³/mol. The number of unbranched alkanes of at least 4 members (excludes halogenated alkanes) is 12. The van der Waals surface area contributed by atoms with E-state index in [-0.39, 0.29) is 12.7 Å². The summed E-state index contributed by atoms with van der Waals surface area (Å²) in [5.74, 6) is -0.482. The number of rotatable bonds is 20. The van der Waals surface area contributed by atoms with Crippen LogP contribution in [0.5, 0.6) is 0 Å². The van der Waals surface area contributed by atoms with Crippen molar-refractivity contribution in [1.29, 1.82) is 0 Å². The second-order valence-electron chi connectivity index (χ2n) is 7.85. The molecule has 0 aliphatic rings. The molecular weight excluding hydrogens is 376 g/mol. The second-order valence-corrected chi connectivity index (χ2v) is 7.85. The van der Waals surface area contributed by atoms with E-state index in [1.165, 1.54) is 64.2 Å². The fourth-order valence-electron chi connectivity index (χ4n) is 3.15. The number of carbonyl (C=O) groups is 2. The SMILES string of the molecule is CCCCCCCCCCCCCCCC(=O)OCC(O)C(O)C(O)C(O)C=O. The number of aldehydes is 1. The summed E-state index contributed by atoms with van der Waals surface area (Å²) in [6, 6.07) is 0. The van der Waals surface area contributed by atoms with Crippen LogP contribution in [0.1, 0.15) is 96.8 Å². The van der Waals surface area contributed by atoms with Crippen LogP contribution in [0.3, 0.4) is 0 Å². The molecule has 0 aliphatic carbocycles. The first-order valence-corrected chi connectivity index (χ1v) is 11.3. The molecule has 7 heteroatoms. The normalized spacial score (nSPS) is 15.5. The van der Waals surface area contributed by atoms with Gasteiger partial charge in [-0.3, -0.25) is 4.79 Å². The average molecular weight is 419 g/mol. The van der Waals surface area contributed by atoms with Crippen LogP contribution >= 0.6 is 0 Å². The number of ether oxygens (including phenoxy) is 1. The van der Waals surface area contributed by atoms with E-state index in [4.69, 9.17) is 9.84 Å². The van der Waals surface area contributed by atoms with Crippen molar-refractivity contribution in [3.63, 3.8) is 0 Å². The maximum Gasteiger partial charge on any atom is 0.305 e. The zero-order chi connectivity index (χ0) is 21.9. The highest BCUT2D eigenvalue weighted by atomic mass is 16.5. The van der Waals surface area contributed by atoms with Gasteiger partial charge >= 0.3 is 5.97 Å². The lowest BCUT2D eigenvalue weighted by molar-refractivity contribution is -0.156. The number of hydrogen-bond acceptors (Lipinski definition) is 7. The Labute approximate surface area is 175 Å². The minimum absolute atomic E-state index is 0.0568. The molecule has 0 aromatic heterocycles. The standard InChI is InChI=1S/C22H42O7/c1-2-3-4-5-6-7-8-9-10-11-12-13-14-15-20(26)29-17-19(25)22(28)21(27)18(24)16-23/h16,18-19,21-22,24-25,27-28H,2-15,17H2,1H3. The molecule has 0 saturated heterocycles. The Morgan fingerprint density at radius 3 is 1.66 bits per heavy atom. The summed E-state index contributed by atoms with van der Waals surface area (Å²) in [6.07, 6.45) is 9.10. The van der Waals surface area contributed by atoms with Crippen molar-refractivity contribution < 1.29 is 34.8 Å². The van der Waals surface area contributed by atoms with Gasteiger partial charge in [0, 0.05) is 6.42 Å². The Morgan fingerprint density at radius 1 is 0.759 bits per heavy atom. The van der Waals surface area contributed by atoms with Crippen LogP contribution in [0.25, 0.3) is 0 Å². The molecule has 4 unspecified atom stereocenters. The molecule has 7 nitrogen and oxygen atoms in total. The van der Waals surface area contributed by atoms with Crippen LogP contribution in [0.4, 0.5) is 0 Å². The molecule has 0 aliphatic heterocycles. The van der Waals surface area contributed by atoms with Gasteiger partial charge in [-0.05, 0) is 6.42 Å². The molecule has 0 spiro atoms. The lowest BCUT2D eigenvalue weighted by Crippen LogP contribution is -2.46. The number of carbonyl (C=O) groups excluding carboxylic acids is 2. The summed E-state index contributed by atoms with van der Waals surface area (Å²) in [7, 11) is 0. The summed E-state index contributed by atoms with van der Waals surface area (Å²) in [5.41, 5.74) is 0. The molecule has 0 rings (SSSR count). The molecule has 0 bridgehead atoms.